The van der Waals surface area contributed by atoms with Gasteiger partial charge < -0.3 is 0 Å². The summed E-state index contributed by atoms with van der Waals surface area (Å²) >= 11 is 0. The molecule has 0 bridgehead atoms. The van der Waals surface area contributed by atoms with Crippen LogP contribution in [0, 0.1) is 0 Å². The Labute approximate surface area is 176 Å². The van der Waals surface area contributed by atoms with Gasteiger partial charge in [-0.25, -0.2) is 0 Å². The van der Waals surface area contributed by atoms with Crippen LogP contribution in [0.5, 0.6) is 0 Å². The molecule has 0 aliphatic heterocycles. The molecule has 0 fully saturated rings. The predicted molar refractivity (Wildman–Crippen MR) is 103 cm³/mol. The van der Waals surface area contributed by atoms with E-state index in [0.717, 1.165) is 8.58 Å². The molecule has 0 atom stereocenters. The van der Waals surface area contributed by atoms with Gasteiger partial charge in [-0.2, -0.15) is 0 Å². The predicted octanol–water partition coefficient (Wildman–Crippen LogP) is 4.73. The molecule has 2 aliphatic carbocycles. The number of rotatable bonds is 4. The van der Waals surface area contributed by atoms with Gasteiger partial charge in [-0.3, -0.25) is 0 Å². The number of allylic oxidation sites excluding steroid dienone is 8. The zero-order valence-corrected chi connectivity index (χ0v) is 17.2. The summed E-state index contributed by atoms with van der Waals surface area (Å²) in [5.41, 5.74) is 2.75. The average Bonchev–Trinajstić information content (AvgIpc) is 3.30. The standard InChI is InChI=1S/C22H19P.Fe.Pd/c1-2-6-17(5-1)19-9-13-21(14-10-19)23-22-15-11-20(12-16-22)18-7-3-4-8-18;;/h1-18,23H;;. The molecule has 4 rings (SSSR count). The summed E-state index contributed by atoms with van der Waals surface area (Å²) in [6.07, 6.45) is 17.4. The van der Waals surface area contributed by atoms with Gasteiger partial charge in [-0.15, -0.1) is 0 Å². The summed E-state index contributed by atoms with van der Waals surface area (Å²) in [5, 5.41) is 2.79. The van der Waals surface area contributed by atoms with Crippen molar-refractivity contribution in [3.63, 3.8) is 0 Å². The van der Waals surface area contributed by atoms with Crippen LogP contribution in [0.4, 0.5) is 0 Å². The van der Waals surface area contributed by atoms with E-state index in [1.165, 1.54) is 21.7 Å². The fourth-order valence-electron chi connectivity index (χ4n) is 3.05. The molecule has 0 aromatic heterocycles. The van der Waals surface area contributed by atoms with Crippen molar-refractivity contribution in [1.82, 2.24) is 0 Å². The first-order valence-corrected chi connectivity index (χ1v) is 9.05. The van der Waals surface area contributed by atoms with Crippen LogP contribution in [0.25, 0.3) is 0 Å². The molecular formula is C22H19FePPd. The van der Waals surface area contributed by atoms with E-state index < -0.39 is 0 Å². The Morgan fingerprint density at radius 1 is 0.520 bits per heavy atom. The van der Waals surface area contributed by atoms with Gasteiger partial charge in [0.25, 0.3) is 0 Å². The Hall–Kier alpha value is -0.988. The Morgan fingerprint density at radius 2 is 0.840 bits per heavy atom. The Balaban J connectivity index is 0.00000113. The minimum absolute atomic E-state index is 0. The van der Waals surface area contributed by atoms with Crippen molar-refractivity contribution in [3.8, 4) is 0 Å². The van der Waals surface area contributed by atoms with Crippen molar-refractivity contribution in [2.75, 3.05) is 0 Å². The maximum Gasteiger partial charge on any atom is 0.0204 e. The van der Waals surface area contributed by atoms with E-state index in [4.69, 9.17) is 0 Å². The molecule has 130 valence electrons. The van der Waals surface area contributed by atoms with Crippen LogP contribution in [0.3, 0.4) is 0 Å². The van der Waals surface area contributed by atoms with E-state index >= 15 is 0 Å². The fraction of sp³-hybridized carbons (Fsp3) is 0.0909. The van der Waals surface area contributed by atoms with Gasteiger partial charge in [-0.1, -0.05) is 106 Å². The third kappa shape index (κ3) is 5.01. The molecule has 0 unspecified atom stereocenters. The summed E-state index contributed by atoms with van der Waals surface area (Å²) in [6.45, 7) is 0. The minimum Gasteiger partial charge on any atom is -0.0732 e. The van der Waals surface area contributed by atoms with E-state index in [-0.39, 0.29) is 37.5 Å². The average molecular weight is 477 g/mol. The van der Waals surface area contributed by atoms with Crippen LogP contribution in [0.2, 0.25) is 0 Å². The molecule has 0 nitrogen and oxygen atoms in total. The fourth-order valence-corrected chi connectivity index (χ4v) is 4.05. The summed E-state index contributed by atoms with van der Waals surface area (Å²) < 4.78 is 0. The Kier molecular flexibility index (Phi) is 7.84. The van der Waals surface area contributed by atoms with Crippen LogP contribution in [-0.2, 0) is 37.5 Å². The number of hydrogen-bond acceptors (Lipinski definition) is 0. The van der Waals surface area contributed by atoms with Crippen LogP contribution in [-0.4, -0.2) is 0 Å². The molecule has 3 heteroatoms. The molecular weight excluding hydrogens is 457 g/mol. The van der Waals surface area contributed by atoms with E-state index in [1.807, 2.05) is 0 Å². The molecule has 0 N–H and O–H groups in total. The van der Waals surface area contributed by atoms with Crippen LogP contribution in [0.1, 0.15) is 23.0 Å². The van der Waals surface area contributed by atoms with Crippen molar-refractivity contribution in [2.24, 2.45) is 0 Å². The van der Waals surface area contributed by atoms with Crippen molar-refractivity contribution in [2.45, 2.75) is 11.8 Å². The SMILES string of the molecule is C1=CC(c2ccc(Pc3ccc(C4C=CC=C4)cc3)cc2)C=C1.[Fe].[Pd]. The third-order valence-electron chi connectivity index (χ3n) is 4.38. The second kappa shape index (κ2) is 9.64. The van der Waals surface area contributed by atoms with Crippen LogP contribution in [0.15, 0.2) is 97.1 Å². The second-order valence-corrected chi connectivity index (χ2v) is 7.36. The van der Waals surface area contributed by atoms with Crippen LogP contribution >= 0.6 is 8.58 Å². The molecule has 25 heavy (non-hydrogen) atoms. The topological polar surface area (TPSA) is 0 Å². The summed E-state index contributed by atoms with van der Waals surface area (Å²) in [7, 11) is 0.718. The van der Waals surface area contributed by atoms with Crippen molar-refractivity contribution < 1.29 is 37.5 Å². The summed E-state index contributed by atoms with van der Waals surface area (Å²) in [4.78, 5) is 0. The maximum absolute atomic E-state index is 2.27. The van der Waals surface area contributed by atoms with Gasteiger partial charge >= 0.3 is 0 Å². The van der Waals surface area contributed by atoms with Gasteiger partial charge in [0.1, 0.15) is 0 Å². The smallest absolute Gasteiger partial charge is 0.0204 e. The summed E-state index contributed by atoms with van der Waals surface area (Å²) in [6, 6.07) is 18.1. The first-order chi connectivity index (χ1) is 11.4. The van der Waals surface area contributed by atoms with Gasteiger partial charge in [0.2, 0.25) is 0 Å². The Bertz CT molecular complexity index is 707. The molecule has 2 aromatic rings. The maximum atomic E-state index is 2.27. The molecule has 0 heterocycles. The van der Waals surface area contributed by atoms with Crippen molar-refractivity contribution >= 4 is 19.2 Å². The van der Waals surface area contributed by atoms with E-state index in [1.54, 1.807) is 0 Å². The normalized spacial score (nSPS) is 15.4. The van der Waals surface area contributed by atoms with Gasteiger partial charge in [0, 0.05) is 49.3 Å². The molecule has 2 aliphatic rings. The molecule has 0 amide bonds. The third-order valence-corrected chi connectivity index (χ3v) is 5.62. The zero-order valence-electron chi connectivity index (χ0n) is 13.6. The van der Waals surface area contributed by atoms with E-state index in [2.05, 4.69) is 97.1 Å². The largest absolute Gasteiger partial charge is 0.0732 e. The van der Waals surface area contributed by atoms with Crippen molar-refractivity contribution in [1.29, 1.82) is 0 Å². The van der Waals surface area contributed by atoms with Crippen molar-refractivity contribution in [3.05, 3.63) is 108 Å². The van der Waals surface area contributed by atoms with E-state index in [0.29, 0.717) is 11.8 Å². The van der Waals surface area contributed by atoms with E-state index in [9.17, 15) is 0 Å². The molecule has 0 spiro atoms. The number of hydrogen-bond donors (Lipinski definition) is 0. The monoisotopic (exact) mass is 476 g/mol. The number of benzene rings is 2. The second-order valence-electron chi connectivity index (χ2n) is 5.96. The molecule has 2 aromatic carbocycles. The molecule has 0 radical (unpaired) electrons. The summed E-state index contributed by atoms with van der Waals surface area (Å²) in [5.74, 6) is 0.915. The molecule has 0 saturated heterocycles. The zero-order chi connectivity index (χ0) is 15.5. The van der Waals surface area contributed by atoms with Crippen LogP contribution < -0.4 is 10.6 Å². The van der Waals surface area contributed by atoms with Gasteiger partial charge in [0.05, 0.1) is 0 Å². The minimum atomic E-state index is 0. The Morgan fingerprint density at radius 3 is 1.16 bits per heavy atom. The first-order valence-electron chi connectivity index (χ1n) is 8.05. The molecule has 0 saturated carbocycles. The van der Waals surface area contributed by atoms with Gasteiger partial charge in [-0.05, 0) is 21.7 Å². The van der Waals surface area contributed by atoms with Gasteiger partial charge in [0.15, 0.2) is 0 Å². The first kappa shape index (κ1) is 20.3. The quantitative estimate of drug-likeness (QED) is 0.442.